The van der Waals surface area contributed by atoms with Crippen molar-refractivity contribution in [2.45, 2.75) is 20.3 Å². The van der Waals surface area contributed by atoms with E-state index in [1.165, 1.54) is 5.56 Å². The number of ether oxygens (including phenoxy) is 2. The van der Waals surface area contributed by atoms with Crippen LogP contribution in [0.3, 0.4) is 0 Å². The van der Waals surface area contributed by atoms with Crippen LogP contribution in [0.2, 0.25) is 0 Å². The summed E-state index contributed by atoms with van der Waals surface area (Å²) in [5.74, 6) is 3.24. The van der Waals surface area contributed by atoms with Gasteiger partial charge in [0.05, 0.1) is 37.7 Å². The highest BCUT2D eigenvalue weighted by atomic mass is 16.5. The second kappa shape index (κ2) is 6.29. The van der Waals surface area contributed by atoms with Gasteiger partial charge >= 0.3 is 11.5 Å². The zero-order valence-corrected chi connectivity index (χ0v) is 14.0. The first-order valence-electron chi connectivity index (χ1n) is 7.76. The van der Waals surface area contributed by atoms with Gasteiger partial charge in [-0.1, -0.05) is 25.1 Å². The Labute approximate surface area is 136 Å². The third-order valence-corrected chi connectivity index (χ3v) is 4.16. The number of hydrogen-bond donors (Lipinski definition) is 0. The SMILES string of the molecule is CCc1c(C)[o+]c(-c2ccccc2)c2cc(OC)c(OC)cc12. The molecule has 0 spiro atoms. The monoisotopic (exact) mass is 309 g/mol. The topological polar surface area (TPSA) is 29.8 Å². The van der Waals surface area contributed by atoms with E-state index in [1.54, 1.807) is 14.2 Å². The molecule has 0 N–H and O–H groups in total. The Balaban J connectivity index is 2.41. The van der Waals surface area contributed by atoms with E-state index in [9.17, 15) is 0 Å². The summed E-state index contributed by atoms with van der Waals surface area (Å²) in [5, 5.41) is 2.18. The molecular weight excluding hydrogens is 288 g/mol. The van der Waals surface area contributed by atoms with Crippen molar-refractivity contribution in [1.29, 1.82) is 0 Å². The van der Waals surface area contributed by atoms with Crippen molar-refractivity contribution in [2.24, 2.45) is 0 Å². The van der Waals surface area contributed by atoms with Gasteiger partial charge in [0.1, 0.15) is 0 Å². The number of methoxy groups -OCH3 is 2. The third kappa shape index (κ3) is 2.63. The van der Waals surface area contributed by atoms with Gasteiger partial charge in [-0.15, -0.1) is 0 Å². The predicted molar refractivity (Wildman–Crippen MR) is 93.3 cm³/mol. The molecule has 0 radical (unpaired) electrons. The summed E-state index contributed by atoms with van der Waals surface area (Å²) in [5.41, 5.74) is 2.25. The first kappa shape index (κ1) is 15.3. The number of rotatable bonds is 4. The Morgan fingerprint density at radius 1 is 0.913 bits per heavy atom. The van der Waals surface area contributed by atoms with Gasteiger partial charge in [0, 0.05) is 11.5 Å². The molecule has 23 heavy (non-hydrogen) atoms. The normalized spacial score (nSPS) is 10.8. The minimum Gasteiger partial charge on any atom is -0.493 e. The fourth-order valence-electron chi connectivity index (χ4n) is 3.02. The molecule has 0 atom stereocenters. The van der Waals surface area contributed by atoms with Crippen molar-refractivity contribution in [1.82, 2.24) is 0 Å². The van der Waals surface area contributed by atoms with Crippen molar-refractivity contribution in [3.8, 4) is 22.8 Å². The molecule has 0 aliphatic rings. The van der Waals surface area contributed by atoms with E-state index in [2.05, 4.69) is 19.1 Å². The summed E-state index contributed by atoms with van der Waals surface area (Å²) in [6, 6.07) is 14.2. The van der Waals surface area contributed by atoms with E-state index in [4.69, 9.17) is 13.9 Å². The van der Waals surface area contributed by atoms with Gasteiger partial charge in [-0.05, 0) is 24.6 Å². The van der Waals surface area contributed by atoms with Gasteiger partial charge in [-0.2, -0.15) is 0 Å². The maximum Gasteiger partial charge on any atom is 0.368 e. The summed E-state index contributed by atoms with van der Waals surface area (Å²) in [6.07, 6.45) is 0.899. The average Bonchev–Trinajstić information content (AvgIpc) is 2.60. The average molecular weight is 309 g/mol. The van der Waals surface area contributed by atoms with Crippen LogP contribution in [-0.4, -0.2) is 14.2 Å². The van der Waals surface area contributed by atoms with Gasteiger partial charge in [-0.25, -0.2) is 4.42 Å². The van der Waals surface area contributed by atoms with Gasteiger partial charge < -0.3 is 9.47 Å². The molecule has 3 heteroatoms. The molecular formula is C20H21O3+. The molecule has 0 aliphatic carbocycles. The second-order valence-corrected chi connectivity index (χ2v) is 5.44. The van der Waals surface area contributed by atoms with Crippen molar-refractivity contribution < 1.29 is 13.9 Å². The third-order valence-electron chi connectivity index (χ3n) is 4.16. The zero-order chi connectivity index (χ0) is 16.4. The molecule has 2 aromatic carbocycles. The van der Waals surface area contributed by atoms with Gasteiger partial charge in [0.2, 0.25) is 0 Å². The number of fused-ring (bicyclic) bond motifs is 1. The molecule has 0 unspecified atom stereocenters. The van der Waals surface area contributed by atoms with Gasteiger partial charge in [0.15, 0.2) is 11.5 Å². The van der Waals surface area contributed by atoms with E-state index in [-0.39, 0.29) is 0 Å². The highest BCUT2D eigenvalue weighted by Crippen LogP contribution is 2.40. The number of aryl methyl sites for hydroxylation is 2. The lowest BCUT2D eigenvalue weighted by molar-refractivity contribution is 0.355. The molecule has 0 saturated heterocycles. The highest BCUT2D eigenvalue weighted by Gasteiger charge is 2.25. The van der Waals surface area contributed by atoms with E-state index in [1.807, 2.05) is 37.3 Å². The minimum absolute atomic E-state index is 0.707. The van der Waals surface area contributed by atoms with Crippen LogP contribution in [0.1, 0.15) is 18.2 Å². The van der Waals surface area contributed by atoms with Crippen LogP contribution in [-0.2, 0) is 6.42 Å². The van der Waals surface area contributed by atoms with Crippen LogP contribution in [0.15, 0.2) is 46.9 Å². The zero-order valence-electron chi connectivity index (χ0n) is 14.0. The molecule has 0 bridgehead atoms. The van der Waals surface area contributed by atoms with Crippen LogP contribution in [0, 0.1) is 6.92 Å². The molecule has 3 aromatic rings. The van der Waals surface area contributed by atoms with E-state index >= 15 is 0 Å². The van der Waals surface area contributed by atoms with Crippen LogP contribution in [0.4, 0.5) is 0 Å². The van der Waals surface area contributed by atoms with Crippen molar-refractivity contribution in [3.63, 3.8) is 0 Å². The van der Waals surface area contributed by atoms with Crippen molar-refractivity contribution >= 4 is 10.8 Å². The molecule has 3 nitrogen and oxygen atoms in total. The molecule has 1 aromatic heterocycles. The molecule has 0 aliphatic heterocycles. The fraction of sp³-hybridized carbons (Fsp3) is 0.250. The molecule has 0 amide bonds. The highest BCUT2D eigenvalue weighted by molar-refractivity contribution is 5.98. The summed E-state index contributed by atoms with van der Waals surface area (Å²) < 4.78 is 17.1. The van der Waals surface area contributed by atoms with Crippen LogP contribution >= 0.6 is 0 Å². The van der Waals surface area contributed by atoms with Gasteiger partial charge in [-0.3, -0.25) is 0 Å². The van der Waals surface area contributed by atoms with Crippen molar-refractivity contribution in [2.75, 3.05) is 14.2 Å². The second-order valence-electron chi connectivity index (χ2n) is 5.44. The number of benzene rings is 2. The lowest BCUT2D eigenvalue weighted by atomic mass is 9.98. The lowest BCUT2D eigenvalue weighted by Gasteiger charge is -2.11. The Morgan fingerprint density at radius 2 is 1.52 bits per heavy atom. The fourth-order valence-corrected chi connectivity index (χ4v) is 3.02. The van der Waals surface area contributed by atoms with Crippen LogP contribution in [0.5, 0.6) is 11.5 Å². The Morgan fingerprint density at radius 3 is 2.09 bits per heavy atom. The molecule has 118 valence electrons. The maximum atomic E-state index is 6.18. The first-order chi connectivity index (χ1) is 11.2. The summed E-state index contributed by atoms with van der Waals surface area (Å²) >= 11 is 0. The maximum absolute atomic E-state index is 6.18. The molecule has 0 saturated carbocycles. The standard InChI is InChI=1S/C20H21O3/c1-5-15-13(2)23-20(14-9-7-6-8-10-14)17-12-19(22-4)18(21-3)11-16(15)17/h6-12H,5H2,1-4H3/q+1. The predicted octanol–water partition coefficient (Wildman–Crippen LogP) is 5.27. The summed E-state index contributed by atoms with van der Waals surface area (Å²) in [7, 11) is 3.31. The van der Waals surface area contributed by atoms with Crippen molar-refractivity contribution in [3.05, 3.63) is 53.8 Å². The summed E-state index contributed by atoms with van der Waals surface area (Å²) in [4.78, 5) is 0. The van der Waals surface area contributed by atoms with E-state index in [0.29, 0.717) is 5.75 Å². The van der Waals surface area contributed by atoms with Gasteiger partial charge in [0.25, 0.3) is 0 Å². The largest absolute Gasteiger partial charge is 0.493 e. The molecule has 0 fully saturated rings. The van der Waals surface area contributed by atoms with E-state index < -0.39 is 0 Å². The number of hydrogen-bond acceptors (Lipinski definition) is 2. The smallest absolute Gasteiger partial charge is 0.368 e. The molecule has 3 rings (SSSR count). The quantitative estimate of drug-likeness (QED) is 0.615. The summed E-state index contributed by atoms with van der Waals surface area (Å²) in [6.45, 7) is 4.15. The lowest BCUT2D eigenvalue weighted by Crippen LogP contribution is -1.96. The molecule has 1 heterocycles. The van der Waals surface area contributed by atoms with Crippen LogP contribution in [0.25, 0.3) is 22.1 Å². The Kier molecular flexibility index (Phi) is 4.20. The minimum atomic E-state index is 0.707. The Bertz CT molecular complexity index is 839. The first-order valence-corrected chi connectivity index (χ1v) is 7.76. The van der Waals surface area contributed by atoms with Crippen LogP contribution < -0.4 is 9.47 Å². The Hall–Kier alpha value is -2.55. The van der Waals surface area contributed by atoms with E-state index in [0.717, 1.165) is 40.0 Å².